The second-order valence-electron chi connectivity index (χ2n) is 4.00. The molecule has 1 aliphatic carbocycles. The SMILES string of the molecule is CC(N)CNc1ccnc2c1CCC2. The number of fused-ring (bicyclic) bond motifs is 1. The van der Waals surface area contributed by atoms with Gasteiger partial charge < -0.3 is 11.1 Å². The van der Waals surface area contributed by atoms with E-state index in [2.05, 4.69) is 10.3 Å². The molecule has 0 aliphatic heterocycles. The highest BCUT2D eigenvalue weighted by Crippen LogP contribution is 2.26. The lowest BCUT2D eigenvalue weighted by Crippen LogP contribution is -2.25. The zero-order valence-electron chi connectivity index (χ0n) is 8.59. The van der Waals surface area contributed by atoms with Crippen molar-refractivity contribution < 1.29 is 0 Å². The first-order valence-corrected chi connectivity index (χ1v) is 5.23. The summed E-state index contributed by atoms with van der Waals surface area (Å²) in [6, 6.07) is 2.24. The molecule has 2 rings (SSSR count). The lowest BCUT2D eigenvalue weighted by Gasteiger charge is -2.12. The fourth-order valence-corrected chi connectivity index (χ4v) is 1.90. The summed E-state index contributed by atoms with van der Waals surface area (Å²) >= 11 is 0. The van der Waals surface area contributed by atoms with Crippen molar-refractivity contribution in [3.8, 4) is 0 Å². The van der Waals surface area contributed by atoms with Crippen LogP contribution >= 0.6 is 0 Å². The molecule has 1 atom stereocenters. The number of hydrogen-bond acceptors (Lipinski definition) is 3. The smallest absolute Gasteiger partial charge is 0.0456 e. The minimum atomic E-state index is 0.195. The van der Waals surface area contributed by atoms with E-state index in [1.54, 1.807) is 0 Å². The summed E-state index contributed by atoms with van der Waals surface area (Å²) in [5.41, 5.74) is 9.59. The summed E-state index contributed by atoms with van der Waals surface area (Å²) in [5.74, 6) is 0. The van der Waals surface area contributed by atoms with Gasteiger partial charge in [-0.3, -0.25) is 4.98 Å². The van der Waals surface area contributed by atoms with E-state index in [0.29, 0.717) is 0 Å². The summed E-state index contributed by atoms with van der Waals surface area (Å²) in [7, 11) is 0. The van der Waals surface area contributed by atoms with Gasteiger partial charge in [0.15, 0.2) is 0 Å². The second-order valence-corrected chi connectivity index (χ2v) is 4.00. The molecule has 3 N–H and O–H groups in total. The van der Waals surface area contributed by atoms with Crippen LogP contribution in [0, 0.1) is 0 Å². The van der Waals surface area contributed by atoms with Crippen LogP contribution in [0.5, 0.6) is 0 Å². The van der Waals surface area contributed by atoms with Gasteiger partial charge in [0.25, 0.3) is 0 Å². The molecule has 0 bridgehead atoms. The highest BCUT2D eigenvalue weighted by molar-refractivity contribution is 5.54. The topological polar surface area (TPSA) is 50.9 Å². The normalized spacial score (nSPS) is 16.4. The Kier molecular flexibility index (Phi) is 2.68. The predicted octanol–water partition coefficient (Wildman–Crippen LogP) is 1.33. The number of nitrogens with zero attached hydrogens (tertiary/aromatic N) is 1. The van der Waals surface area contributed by atoms with Crippen molar-refractivity contribution in [1.29, 1.82) is 0 Å². The van der Waals surface area contributed by atoms with Gasteiger partial charge in [-0.25, -0.2) is 0 Å². The van der Waals surface area contributed by atoms with Crippen molar-refractivity contribution >= 4 is 5.69 Å². The standard InChI is InChI=1S/C11H17N3/c1-8(12)7-14-11-5-6-13-10-4-2-3-9(10)11/h5-6,8H,2-4,7,12H2,1H3,(H,13,14). The van der Waals surface area contributed by atoms with Gasteiger partial charge in [-0.1, -0.05) is 0 Å². The van der Waals surface area contributed by atoms with Gasteiger partial charge in [-0.05, 0) is 37.8 Å². The molecule has 0 saturated heterocycles. The second kappa shape index (κ2) is 3.96. The Morgan fingerprint density at radius 1 is 1.57 bits per heavy atom. The van der Waals surface area contributed by atoms with Crippen LogP contribution in [-0.4, -0.2) is 17.6 Å². The quantitative estimate of drug-likeness (QED) is 0.757. The summed E-state index contributed by atoms with van der Waals surface area (Å²) in [5, 5.41) is 3.38. The van der Waals surface area contributed by atoms with Gasteiger partial charge in [0, 0.05) is 30.2 Å². The van der Waals surface area contributed by atoms with Crippen LogP contribution in [0.25, 0.3) is 0 Å². The molecule has 0 radical (unpaired) electrons. The summed E-state index contributed by atoms with van der Waals surface area (Å²) in [4.78, 5) is 4.38. The van der Waals surface area contributed by atoms with E-state index in [1.807, 2.05) is 19.2 Å². The van der Waals surface area contributed by atoms with Gasteiger partial charge in [0.05, 0.1) is 0 Å². The lowest BCUT2D eigenvalue weighted by atomic mass is 10.2. The summed E-state index contributed by atoms with van der Waals surface area (Å²) in [6.45, 7) is 2.84. The third-order valence-corrected chi connectivity index (χ3v) is 2.60. The molecule has 76 valence electrons. The first kappa shape index (κ1) is 9.46. The van der Waals surface area contributed by atoms with E-state index in [4.69, 9.17) is 5.73 Å². The average Bonchev–Trinajstić information content (AvgIpc) is 2.62. The zero-order valence-corrected chi connectivity index (χ0v) is 8.59. The maximum Gasteiger partial charge on any atom is 0.0456 e. The monoisotopic (exact) mass is 191 g/mol. The molecule has 0 fully saturated rings. The molecule has 1 unspecified atom stereocenters. The van der Waals surface area contributed by atoms with Gasteiger partial charge in [-0.15, -0.1) is 0 Å². The molecule has 0 saturated carbocycles. The number of rotatable bonds is 3. The van der Waals surface area contributed by atoms with Crippen LogP contribution < -0.4 is 11.1 Å². The minimum Gasteiger partial charge on any atom is -0.383 e. The van der Waals surface area contributed by atoms with Crippen molar-refractivity contribution in [3.63, 3.8) is 0 Å². The Hall–Kier alpha value is -1.09. The number of aromatic nitrogens is 1. The zero-order chi connectivity index (χ0) is 9.97. The van der Waals surface area contributed by atoms with Gasteiger partial charge in [0.1, 0.15) is 0 Å². The van der Waals surface area contributed by atoms with Crippen LogP contribution in [-0.2, 0) is 12.8 Å². The fraction of sp³-hybridized carbons (Fsp3) is 0.545. The van der Waals surface area contributed by atoms with Crippen molar-refractivity contribution in [2.24, 2.45) is 5.73 Å². The molecule has 3 nitrogen and oxygen atoms in total. The molecule has 0 aromatic carbocycles. The molecular weight excluding hydrogens is 174 g/mol. The van der Waals surface area contributed by atoms with E-state index in [0.717, 1.165) is 19.4 Å². The van der Waals surface area contributed by atoms with Crippen LogP contribution in [0.15, 0.2) is 12.3 Å². The number of aryl methyl sites for hydroxylation is 1. The van der Waals surface area contributed by atoms with Gasteiger partial charge in [-0.2, -0.15) is 0 Å². The van der Waals surface area contributed by atoms with Crippen molar-refractivity contribution in [1.82, 2.24) is 4.98 Å². The van der Waals surface area contributed by atoms with Gasteiger partial charge in [0.2, 0.25) is 0 Å². The third-order valence-electron chi connectivity index (χ3n) is 2.60. The van der Waals surface area contributed by atoms with E-state index in [1.165, 1.54) is 23.4 Å². The Morgan fingerprint density at radius 3 is 3.21 bits per heavy atom. The number of nitrogens with one attached hydrogen (secondary N) is 1. The molecule has 3 heteroatoms. The average molecular weight is 191 g/mol. The van der Waals surface area contributed by atoms with Crippen LogP contribution in [0.1, 0.15) is 24.6 Å². The maximum atomic E-state index is 5.71. The van der Waals surface area contributed by atoms with E-state index >= 15 is 0 Å². The highest BCUT2D eigenvalue weighted by atomic mass is 14.9. The first-order chi connectivity index (χ1) is 6.77. The van der Waals surface area contributed by atoms with E-state index < -0.39 is 0 Å². The van der Waals surface area contributed by atoms with Crippen LogP contribution in [0.4, 0.5) is 5.69 Å². The molecule has 0 amide bonds. The number of pyridine rings is 1. The Morgan fingerprint density at radius 2 is 2.43 bits per heavy atom. The van der Waals surface area contributed by atoms with Crippen molar-refractivity contribution in [2.45, 2.75) is 32.2 Å². The molecule has 1 aliphatic rings. The minimum absolute atomic E-state index is 0.195. The molecule has 14 heavy (non-hydrogen) atoms. The van der Waals surface area contributed by atoms with Gasteiger partial charge >= 0.3 is 0 Å². The Labute approximate surface area is 84.7 Å². The molecule has 0 spiro atoms. The van der Waals surface area contributed by atoms with Crippen molar-refractivity contribution in [3.05, 3.63) is 23.5 Å². The highest BCUT2D eigenvalue weighted by Gasteiger charge is 2.15. The summed E-state index contributed by atoms with van der Waals surface area (Å²) in [6.07, 6.45) is 5.40. The first-order valence-electron chi connectivity index (χ1n) is 5.23. The largest absolute Gasteiger partial charge is 0.383 e. The Balaban J connectivity index is 2.14. The number of anilines is 1. The third kappa shape index (κ3) is 1.87. The molecule has 1 aromatic rings. The number of nitrogens with two attached hydrogens (primary N) is 1. The lowest BCUT2D eigenvalue weighted by molar-refractivity contribution is 0.779. The molecule has 1 heterocycles. The van der Waals surface area contributed by atoms with E-state index in [9.17, 15) is 0 Å². The summed E-state index contributed by atoms with van der Waals surface area (Å²) < 4.78 is 0. The van der Waals surface area contributed by atoms with Crippen molar-refractivity contribution in [2.75, 3.05) is 11.9 Å². The van der Waals surface area contributed by atoms with E-state index in [-0.39, 0.29) is 6.04 Å². The molecular formula is C11H17N3. The van der Waals surface area contributed by atoms with Crippen LogP contribution in [0.2, 0.25) is 0 Å². The fourth-order valence-electron chi connectivity index (χ4n) is 1.90. The predicted molar refractivity (Wildman–Crippen MR) is 58.4 cm³/mol. The molecule has 1 aromatic heterocycles. The number of hydrogen-bond donors (Lipinski definition) is 2. The maximum absolute atomic E-state index is 5.71. The Bertz CT molecular complexity index is 320. The van der Waals surface area contributed by atoms with Crippen LogP contribution in [0.3, 0.4) is 0 Å².